The molecule has 1 saturated carbocycles. The van der Waals surface area contributed by atoms with Crippen LogP contribution in [-0.2, 0) is 4.79 Å². The molecule has 1 unspecified atom stereocenters. The molecule has 1 fully saturated rings. The van der Waals surface area contributed by atoms with Crippen LogP contribution in [0.25, 0.3) is 0 Å². The Kier molecular flexibility index (Phi) is 2.89. The summed E-state index contributed by atoms with van der Waals surface area (Å²) in [5, 5.41) is 3.36. The quantitative estimate of drug-likeness (QED) is 0.649. The Hall–Kier alpha value is -0.370. The molecule has 0 bridgehead atoms. The molecule has 70 valence electrons. The predicted octanol–water partition coefficient (Wildman–Crippen LogP) is 1.89. The summed E-state index contributed by atoms with van der Waals surface area (Å²) in [6, 6.07) is 0.124. The first-order valence-corrected chi connectivity index (χ1v) is 4.79. The van der Waals surface area contributed by atoms with Crippen molar-refractivity contribution in [2.24, 2.45) is 0 Å². The summed E-state index contributed by atoms with van der Waals surface area (Å²) < 4.78 is 0. The number of nitrogens with one attached hydrogen (secondary N) is 1. The van der Waals surface area contributed by atoms with Crippen LogP contribution in [0.1, 0.15) is 46.5 Å². The molecule has 1 aliphatic rings. The van der Waals surface area contributed by atoms with E-state index in [9.17, 15) is 4.79 Å². The van der Waals surface area contributed by atoms with Gasteiger partial charge in [0.15, 0.2) is 0 Å². The molecular formula is C10H19NO. The summed E-state index contributed by atoms with van der Waals surface area (Å²) in [5.41, 5.74) is 0.0671. The van der Waals surface area contributed by atoms with Gasteiger partial charge in [-0.25, -0.2) is 0 Å². The van der Waals surface area contributed by atoms with E-state index in [0.717, 1.165) is 19.3 Å². The molecule has 2 heteroatoms. The van der Waals surface area contributed by atoms with E-state index in [0.29, 0.717) is 5.78 Å². The van der Waals surface area contributed by atoms with E-state index in [4.69, 9.17) is 0 Å². The maximum Gasteiger partial charge on any atom is 0.149 e. The van der Waals surface area contributed by atoms with Crippen LogP contribution in [0.15, 0.2) is 0 Å². The molecule has 12 heavy (non-hydrogen) atoms. The molecule has 0 aromatic rings. The largest absolute Gasteiger partial charge is 0.303 e. The number of hydrogen-bond acceptors (Lipinski definition) is 2. The maximum absolute atomic E-state index is 11.4. The zero-order valence-corrected chi connectivity index (χ0v) is 8.31. The van der Waals surface area contributed by atoms with Crippen molar-refractivity contribution in [3.8, 4) is 0 Å². The molecule has 0 aromatic carbocycles. The normalized spacial score (nSPS) is 25.9. The fourth-order valence-electron chi connectivity index (χ4n) is 1.66. The van der Waals surface area contributed by atoms with Gasteiger partial charge in [0.25, 0.3) is 0 Å². The molecule has 1 aliphatic carbocycles. The second-order valence-electron chi connectivity index (χ2n) is 4.66. The van der Waals surface area contributed by atoms with Crippen LogP contribution in [-0.4, -0.2) is 17.4 Å². The van der Waals surface area contributed by atoms with Crippen LogP contribution in [0.4, 0.5) is 0 Å². The maximum atomic E-state index is 11.4. The number of carbonyl (C=O) groups is 1. The molecule has 0 amide bonds. The molecule has 0 heterocycles. The molecule has 0 aromatic heterocycles. The topological polar surface area (TPSA) is 29.1 Å². The summed E-state index contributed by atoms with van der Waals surface area (Å²) in [5.74, 6) is 0.399. The lowest BCUT2D eigenvalue weighted by Gasteiger charge is -2.29. The van der Waals surface area contributed by atoms with Crippen LogP contribution >= 0.6 is 0 Å². The average Bonchev–Trinajstić information content (AvgIpc) is 1.91. The SMILES string of the molecule is CC(C)(C)NC1CCCCC1=O. The fraction of sp³-hybridized carbons (Fsp3) is 0.900. The second kappa shape index (κ2) is 3.56. The minimum Gasteiger partial charge on any atom is -0.303 e. The van der Waals surface area contributed by atoms with E-state index in [2.05, 4.69) is 26.1 Å². The minimum absolute atomic E-state index is 0.0671. The van der Waals surface area contributed by atoms with Gasteiger partial charge in [-0.2, -0.15) is 0 Å². The van der Waals surface area contributed by atoms with Gasteiger partial charge in [0.2, 0.25) is 0 Å². The molecule has 1 atom stereocenters. The molecule has 0 saturated heterocycles. The van der Waals surface area contributed by atoms with Gasteiger partial charge < -0.3 is 5.32 Å². The van der Waals surface area contributed by atoms with Crippen molar-refractivity contribution in [3.63, 3.8) is 0 Å². The highest BCUT2D eigenvalue weighted by molar-refractivity contribution is 5.84. The third-order valence-corrected chi connectivity index (χ3v) is 2.16. The summed E-state index contributed by atoms with van der Waals surface area (Å²) in [6.45, 7) is 6.32. The van der Waals surface area contributed by atoms with Crippen LogP contribution in [0.3, 0.4) is 0 Å². The second-order valence-corrected chi connectivity index (χ2v) is 4.66. The first-order valence-electron chi connectivity index (χ1n) is 4.79. The van der Waals surface area contributed by atoms with Crippen LogP contribution in [0.5, 0.6) is 0 Å². The summed E-state index contributed by atoms with van der Waals surface area (Å²) in [4.78, 5) is 11.4. The summed E-state index contributed by atoms with van der Waals surface area (Å²) >= 11 is 0. The number of rotatable bonds is 1. The minimum atomic E-state index is 0.0671. The Morgan fingerprint density at radius 2 is 2.00 bits per heavy atom. The monoisotopic (exact) mass is 169 g/mol. The van der Waals surface area contributed by atoms with Crippen molar-refractivity contribution < 1.29 is 4.79 Å². The van der Waals surface area contributed by atoms with Crippen molar-refractivity contribution in [2.45, 2.75) is 58.0 Å². The van der Waals surface area contributed by atoms with Gasteiger partial charge in [0, 0.05) is 12.0 Å². The van der Waals surface area contributed by atoms with E-state index >= 15 is 0 Å². The summed E-state index contributed by atoms with van der Waals surface area (Å²) in [6.07, 6.45) is 4.07. The van der Waals surface area contributed by atoms with E-state index in [1.165, 1.54) is 6.42 Å². The van der Waals surface area contributed by atoms with Gasteiger partial charge >= 0.3 is 0 Å². The van der Waals surface area contributed by atoms with E-state index in [1.54, 1.807) is 0 Å². The van der Waals surface area contributed by atoms with Crippen molar-refractivity contribution >= 4 is 5.78 Å². The number of Topliss-reactive ketones (excluding diaryl/α,β-unsaturated/α-hetero) is 1. The van der Waals surface area contributed by atoms with Crippen molar-refractivity contribution in [1.82, 2.24) is 5.32 Å². The Labute approximate surface area is 74.7 Å². The molecule has 0 spiro atoms. The predicted molar refractivity (Wildman–Crippen MR) is 50.2 cm³/mol. The van der Waals surface area contributed by atoms with Crippen LogP contribution in [0.2, 0.25) is 0 Å². The highest BCUT2D eigenvalue weighted by atomic mass is 16.1. The van der Waals surface area contributed by atoms with E-state index < -0.39 is 0 Å². The number of hydrogen-bond donors (Lipinski definition) is 1. The van der Waals surface area contributed by atoms with Crippen LogP contribution < -0.4 is 5.32 Å². The van der Waals surface area contributed by atoms with Crippen molar-refractivity contribution in [3.05, 3.63) is 0 Å². The first kappa shape index (κ1) is 9.72. The Bertz CT molecular complexity index is 169. The van der Waals surface area contributed by atoms with Gasteiger partial charge in [0.05, 0.1) is 6.04 Å². The van der Waals surface area contributed by atoms with Crippen molar-refractivity contribution in [1.29, 1.82) is 0 Å². The highest BCUT2D eigenvalue weighted by Gasteiger charge is 2.25. The zero-order valence-electron chi connectivity index (χ0n) is 8.31. The van der Waals surface area contributed by atoms with Gasteiger partial charge in [-0.1, -0.05) is 6.42 Å². The van der Waals surface area contributed by atoms with E-state index in [-0.39, 0.29) is 11.6 Å². The third kappa shape index (κ3) is 2.94. The first-order chi connectivity index (χ1) is 5.49. The summed E-state index contributed by atoms with van der Waals surface area (Å²) in [7, 11) is 0. The zero-order chi connectivity index (χ0) is 9.19. The molecular weight excluding hydrogens is 150 g/mol. The Morgan fingerprint density at radius 1 is 1.33 bits per heavy atom. The average molecular weight is 169 g/mol. The lowest BCUT2D eigenvalue weighted by Crippen LogP contribution is -2.48. The standard InChI is InChI=1S/C10H19NO/c1-10(2,3)11-8-6-4-5-7-9(8)12/h8,11H,4-7H2,1-3H3. The fourth-order valence-corrected chi connectivity index (χ4v) is 1.66. The van der Waals surface area contributed by atoms with Gasteiger partial charge in [-0.05, 0) is 33.6 Å². The lowest BCUT2D eigenvalue weighted by atomic mass is 9.92. The molecule has 1 N–H and O–H groups in total. The molecule has 2 nitrogen and oxygen atoms in total. The Balaban J connectivity index is 2.45. The highest BCUT2D eigenvalue weighted by Crippen LogP contribution is 2.16. The van der Waals surface area contributed by atoms with E-state index in [1.807, 2.05) is 0 Å². The van der Waals surface area contributed by atoms with Gasteiger partial charge in [-0.15, -0.1) is 0 Å². The lowest BCUT2D eigenvalue weighted by molar-refractivity contribution is -0.123. The van der Waals surface area contributed by atoms with Crippen molar-refractivity contribution in [2.75, 3.05) is 0 Å². The Morgan fingerprint density at radius 3 is 2.50 bits per heavy atom. The number of ketones is 1. The van der Waals surface area contributed by atoms with Gasteiger partial charge in [0.1, 0.15) is 5.78 Å². The van der Waals surface area contributed by atoms with Gasteiger partial charge in [-0.3, -0.25) is 4.79 Å². The molecule has 1 rings (SSSR count). The molecule has 0 aliphatic heterocycles. The number of carbonyl (C=O) groups excluding carboxylic acids is 1. The smallest absolute Gasteiger partial charge is 0.149 e. The van der Waals surface area contributed by atoms with Crippen LogP contribution in [0, 0.1) is 0 Å². The molecule has 0 radical (unpaired) electrons. The third-order valence-electron chi connectivity index (χ3n) is 2.16.